The van der Waals surface area contributed by atoms with Crippen LogP contribution in [-0.4, -0.2) is 16.8 Å². The third kappa shape index (κ3) is 6.56. The lowest BCUT2D eigenvalue weighted by atomic mass is 10.1. The van der Waals surface area contributed by atoms with Gasteiger partial charge in [-0.15, -0.1) is 34.4 Å². The number of benzene rings is 3. The number of rotatable bonds is 8. The summed E-state index contributed by atoms with van der Waals surface area (Å²) < 4.78 is 1.00. The van der Waals surface area contributed by atoms with Crippen molar-refractivity contribution in [3.63, 3.8) is 0 Å². The number of hydrogen-bond acceptors (Lipinski definition) is 6. The van der Waals surface area contributed by atoms with Gasteiger partial charge >= 0.3 is 0 Å². The van der Waals surface area contributed by atoms with Crippen molar-refractivity contribution in [2.75, 3.05) is 10.6 Å². The topological polar surface area (TPSA) is 71.1 Å². The molecule has 0 radical (unpaired) electrons. The number of aromatic nitrogens is 1. The van der Waals surface area contributed by atoms with E-state index in [1.165, 1.54) is 34.4 Å². The lowest BCUT2D eigenvalue weighted by molar-refractivity contribution is -0.115. The van der Waals surface area contributed by atoms with Crippen molar-refractivity contribution < 1.29 is 9.59 Å². The standard InChI is InChI=1S/C28H20BrN3O2S3/c29-20-10-8-18(9-11-20)23-17-36-28(31-23)32-27(34)25(19-5-2-1-3-6-19)37-22-14-12-21(13-15-22)30-26(33)24-7-4-16-35-24/h1-17,25H,(H,30,33)(H,31,32,34). The first-order valence-electron chi connectivity index (χ1n) is 11.2. The first kappa shape index (κ1) is 25.4. The predicted molar refractivity (Wildman–Crippen MR) is 158 cm³/mol. The molecule has 2 heterocycles. The van der Waals surface area contributed by atoms with E-state index in [1.54, 1.807) is 6.07 Å². The fraction of sp³-hybridized carbons (Fsp3) is 0.0357. The molecule has 37 heavy (non-hydrogen) atoms. The van der Waals surface area contributed by atoms with Crippen LogP contribution < -0.4 is 10.6 Å². The lowest BCUT2D eigenvalue weighted by Gasteiger charge is -2.16. The van der Waals surface area contributed by atoms with Crippen molar-refractivity contribution in [2.45, 2.75) is 10.1 Å². The van der Waals surface area contributed by atoms with Crippen molar-refractivity contribution >= 4 is 73.0 Å². The molecule has 5 aromatic rings. The molecule has 184 valence electrons. The Morgan fingerprint density at radius 1 is 0.838 bits per heavy atom. The van der Waals surface area contributed by atoms with Crippen LogP contribution >= 0.6 is 50.4 Å². The monoisotopic (exact) mass is 605 g/mol. The Balaban J connectivity index is 1.30. The van der Waals surface area contributed by atoms with E-state index in [4.69, 9.17) is 0 Å². The molecular formula is C28H20BrN3O2S3. The second-order valence-electron chi connectivity index (χ2n) is 7.90. The number of carbonyl (C=O) groups is 2. The summed E-state index contributed by atoms with van der Waals surface area (Å²) in [5, 5.41) is 9.78. The Bertz CT molecular complexity index is 1490. The first-order valence-corrected chi connectivity index (χ1v) is 14.7. The number of halogens is 1. The molecule has 0 aliphatic heterocycles. The molecule has 0 saturated heterocycles. The fourth-order valence-corrected chi connectivity index (χ4v) is 6.14. The highest BCUT2D eigenvalue weighted by Gasteiger charge is 2.23. The van der Waals surface area contributed by atoms with Crippen molar-refractivity contribution in [1.29, 1.82) is 0 Å². The maximum Gasteiger partial charge on any atom is 0.265 e. The van der Waals surface area contributed by atoms with Crippen LogP contribution in [0.1, 0.15) is 20.5 Å². The number of carbonyl (C=O) groups excluding carboxylic acids is 2. The van der Waals surface area contributed by atoms with E-state index >= 15 is 0 Å². The van der Waals surface area contributed by atoms with Gasteiger partial charge in [0.15, 0.2) is 5.13 Å². The van der Waals surface area contributed by atoms with Gasteiger partial charge in [-0.25, -0.2) is 4.98 Å². The molecule has 5 rings (SSSR count). The fourth-order valence-electron chi connectivity index (χ4n) is 3.51. The SMILES string of the molecule is O=C(Nc1ccc(SC(C(=O)Nc2nc(-c3ccc(Br)cc3)cs2)c2ccccc2)cc1)c1cccs1. The number of nitrogens with one attached hydrogen (secondary N) is 2. The lowest BCUT2D eigenvalue weighted by Crippen LogP contribution is -2.19. The summed E-state index contributed by atoms with van der Waals surface area (Å²) in [6, 6.07) is 28.7. The highest BCUT2D eigenvalue weighted by atomic mass is 79.9. The number of thiazole rings is 1. The van der Waals surface area contributed by atoms with E-state index < -0.39 is 5.25 Å². The minimum atomic E-state index is -0.479. The average molecular weight is 607 g/mol. The Morgan fingerprint density at radius 2 is 1.59 bits per heavy atom. The molecule has 0 bridgehead atoms. The molecule has 9 heteroatoms. The van der Waals surface area contributed by atoms with E-state index in [1.807, 2.05) is 95.7 Å². The molecule has 5 nitrogen and oxygen atoms in total. The van der Waals surface area contributed by atoms with E-state index in [2.05, 4.69) is 31.5 Å². The zero-order chi connectivity index (χ0) is 25.6. The van der Waals surface area contributed by atoms with Gasteiger partial charge in [-0.3, -0.25) is 9.59 Å². The van der Waals surface area contributed by atoms with E-state index in [0.29, 0.717) is 15.7 Å². The minimum Gasteiger partial charge on any atom is -0.321 e. The van der Waals surface area contributed by atoms with Crippen LogP contribution in [0.4, 0.5) is 10.8 Å². The van der Waals surface area contributed by atoms with Gasteiger partial charge in [0.25, 0.3) is 5.91 Å². The third-order valence-electron chi connectivity index (χ3n) is 5.33. The van der Waals surface area contributed by atoms with Crippen LogP contribution in [0.3, 0.4) is 0 Å². The van der Waals surface area contributed by atoms with E-state index in [-0.39, 0.29) is 11.8 Å². The average Bonchev–Trinajstić information content (AvgIpc) is 3.62. The Labute approximate surface area is 235 Å². The number of hydrogen-bond donors (Lipinski definition) is 2. The van der Waals surface area contributed by atoms with Crippen molar-refractivity contribution in [3.8, 4) is 11.3 Å². The third-order valence-corrected chi connectivity index (χ3v) is 8.75. The van der Waals surface area contributed by atoms with Gasteiger partial charge < -0.3 is 10.6 Å². The summed E-state index contributed by atoms with van der Waals surface area (Å²) in [6.45, 7) is 0. The highest BCUT2D eigenvalue weighted by molar-refractivity contribution is 9.10. The molecule has 0 aliphatic carbocycles. The highest BCUT2D eigenvalue weighted by Crippen LogP contribution is 2.37. The molecule has 1 atom stereocenters. The molecule has 0 aliphatic rings. The molecule has 0 saturated carbocycles. The van der Waals surface area contributed by atoms with Crippen molar-refractivity contribution in [1.82, 2.24) is 4.98 Å². The van der Waals surface area contributed by atoms with Crippen LogP contribution in [0.25, 0.3) is 11.3 Å². The van der Waals surface area contributed by atoms with Crippen molar-refractivity contribution in [3.05, 3.63) is 117 Å². The second-order valence-corrected chi connectivity index (χ2v) is 11.8. The van der Waals surface area contributed by atoms with Crippen LogP contribution in [0.2, 0.25) is 0 Å². The zero-order valence-electron chi connectivity index (χ0n) is 19.3. The first-order chi connectivity index (χ1) is 18.0. The minimum absolute atomic E-state index is 0.136. The van der Waals surface area contributed by atoms with Crippen LogP contribution in [-0.2, 0) is 4.79 Å². The van der Waals surface area contributed by atoms with Crippen molar-refractivity contribution in [2.24, 2.45) is 0 Å². The smallest absolute Gasteiger partial charge is 0.265 e. The summed E-state index contributed by atoms with van der Waals surface area (Å²) in [7, 11) is 0. The maximum absolute atomic E-state index is 13.4. The molecule has 2 amide bonds. The molecule has 0 spiro atoms. The van der Waals surface area contributed by atoms with Gasteiger partial charge in [0.1, 0.15) is 5.25 Å². The summed E-state index contributed by atoms with van der Waals surface area (Å²) in [5.74, 6) is -0.286. The van der Waals surface area contributed by atoms with Gasteiger partial charge in [0.2, 0.25) is 5.91 Å². The molecular weight excluding hydrogens is 586 g/mol. The van der Waals surface area contributed by atoms with E-state index in [0.717, 1.165) is 26.2 Å². The summed E-state index contributed by atoms with van der Waals surface area (Å²) in [4.78, 5) is 31.9. The summed E-state index contributed by atoms with van der Waals surface area (Å²) >= 11 is 7.69. The Hall–Kier alpha value is -3.24. The molecule has 2 aromatic heterocycles. The molecule has 0 fully saturated rings. The number of nitrogens with zero attached hydrogens (tertiary/aromatic N) is 1. The number of amides is 2. The van der Waals surface area contributed by atoms with Crippen LogP contribution in [0, 0.1) is 0 Å². The van der Waals surface area contributed by atoms with Gasteiger partial charge in [-0.1, -0.05) is 64.5 Å². The Morgan fingerprint density at radius 3 is 2.30 bits per heavy atom. The molecule has 2 N–H and O–H groups in total. The molecule has 1 unspecified atom stereocenters. The zero-order valence-corrected chi connectivity index (χ0v) is 23.3. The second kappa shape index (κ2) is 11.9. The molecule has 3 aromatic carbocycles. The predicted octanol–water partition coefficient (Wildman–Crippen LogP) is 8.36. The van der Waals surface area contributed by atoms with Gasteiger partial charge in [0, 0.05) is 26.0 Å². The van der Waals surface area contributed by atoms with E-state index in [9.17, 15) is 9.59 Å². The normalized spacial score (nSPS) is 11.6. The maximum atomic E-state index is 13.4. The van der Waals surface area contributed by atoms with Gasteiger partial charge in [0.05, 0.1) is 10.6 Å². The number of anilines is 2. The quantitative estimate of drug-likeness (QED) is 0.174. The van der Waals surface area contributed by atoms with Crippen LogP contribution in [0.5, 0.6) is 0 Å². The van der Waals surface area contributed by atoms with Gasteiger partial charge in [-0.2, -0.15) is 0 Å². The Kier molecular flexibility index (Phi) is 8.15. The van der Waals surface area contributed by atoms with Gasteiger partial charge in [-0.05, 0) is 53.4 Å². The largest absolute Gasteiger partial charge is 0.321 e. The number of thioether (sulfide) groups is 1. The van der Waals surface area contributed by atoms with Crippen LogP contribution in [0.15, 0.2) is 111 Å². The number of thiophene rings is 1. The summed E-state index contributed by atoms with van der Waals surface area (Å²) in [6.07, 6.45) is 0. The summed E-state index contributed by atoms with van der Waals surface area (Å²) in [5.41, 5.74) is 3.40.